The fourth-order valence-electron chi connectivity index (χ4n) is 2.62. The number of halogens is 3. The van der Waals surface area contributed by atoms with E-state index in [1.807, 2.05) is 0 Å². The monoisotopic (exact) mass is 305 g/mol. The largest absolute Gasteiger partial charge is 0.408 e. The molecule has 0 aromatic carbocycles. The fourth-order valence-corrected chi connectivity index (χ4v) is 2.62. The third-order valence-corrected chi connectivity index (χ3v) is 3.57. The summed E-state index contributed by atoms with van der Waals surface area (Å²) < 4.78 is 38.4. The van der Waals surface area contributed by atoms with Gasteiger partial charge in [0.25, 0.3) is 5.91 Å². The summed E-state index contributed by atoms with van der Waals surface area (Å²) in [5.41, 5.74) is 1.35. The van der Waals surface area contributed by atoms with Crippen LogP contribution in [0.25, 0.3) is 0 Å². The lowest BCUT2D eigenvalue weighted by Crippen LogP contribution is -2.31. The first-order valence-corrected chi connectivity index (χ1v) is 6.75. The first-order chi connectivity index (χ1) is 9.70. The van der Waals surface area contributed by atoms with Gasteiger partial charge in [-0.05, 0) is 27.2 Å². The van der Waals surface area contributed by atoms with E-state index >= 15 is 0 Å². The molecule has 1 aromatic heterocycles. The Balaban J connectivity index is 2.24. The van der Waals surface area contributed by atoms with Crippen LogP contribution in [0.1, 0.15) is 36.2 Å². The SMILES string of the molecule is Cc1nn(CC(F)(F)F)c(C)c1[C@H](C)C(=O)N1CCCO1. The van der Waals surface area contributed by atoms with Crippen LogP contribution in [0.3, 0.4) is 0 Å². The van der Waals surface area contributed by atoms with Crippen molar-refractivity contribution in [3.8, 4) is 0 Å². The molecule has 118 valence electrons. The maximum atomic E-state index is 12.5. The van der Waals surface area contributed by atoms with Crippen molar-refractivity contribution in [3.05, 3.63) is 17.0 Å². The number of alkyl halides is 3. The molecule has 5 nitrogen and oxygen atoms in total. The van der Waals surface area contributed by atoms with Gasteiger partial charge in [0.2, 0.25) is 0 Å². The third-order valence-electron chi connectivity index (χ3n) is 3.57. The third kappa shape index (κ3) is 3.37. The van der Waals surface area contributed by atoms with Gasteiger partial charge in [-0.2, -0.15) is 18.3 Å². The first-order valence-electron chi connectivity index (χ1n) is 6.75. The van der Waals surface area contributed by atoms with E-state index < -0.39 is 18.6 Å². The minimum Gasteiger partial charge on any atom is -0.272 e. The van der Waals surface area contributed by atoms with Gasteiger partial charge in [-0.1, -0.05) is 0 Å². The molecule has 2 rings (SSSR count). The number of carbonyl (C=O) groups is 1. The van der Waals surface area contributed by atoms with E-state index in [0.717, 1.165) is 11.1 Å². The van der Waals surface area contributed by atoms with Gasteiger partial charge in [-0.25, -0.2) is 5.06 Å². The number of aryl methyl sites for hydroxylation is 1. The van der Waals surface area contributed by atoms with Gasteiger partial charge in [-0.15, -0.1) is 0 Å². The topological polar surface area (TPSA) is 47.4 Å². The van der Waals surface area contributed by atoms with Crippen LogP contribution in [0.2, 0.25) is 0 Å². The lowest BCUT2D eigenvalue weighted by Gasteiger charge is -2.19. The second-order valence-corrected chi connectivity index (χ2v) is 5.21. The lowest BCUT2D eigenvalue weighted by molar-refractivity contribution is -0.170. The van der Waals surface area contributed by atoms with Gasteiger partial charge in [0.05, 0.1) is 24.8 Å². The van der Waals surface area contributed by atoms with Crippen molar-refractivity contribution < 1.29 is 22.8 Å². The molecule has 1 fully saturated rings. The Labute approximate surface area is 120 Å². The summed E-state index contributed by atoms with van der Waals surface area (Å²) in [6, 6.07) is 0. The van der Waals surface area contributed by atoms with E-state index in [0.29, 0.717) is 30.1 Å². The van der Waals surface area contributed by atoms with Crippen LogP contribution in [-0.2, 0) is 16.2 Å². The van der Waals surface area contributed by atoms with E-state index in [-0.39, 0.29) is 5.91 Å². The van der Waals surface area contributed by atoms with E-state index in [9.17, 15) is 18.0 Å². The Kier molecular flexibility index (Phi) is 4.27. The highest BCUT2D eigenvalue weighted by Crippen LogP contribution is 2.28. The Morgan fingerprint density at radius 1 is 1.43 bits per heavy atom. The normalized spacial score (nSPS) is 17.3. The van der Waals surface area contributed by atoms with Gasteiger partial charge < -0.3 is 0 Å². The van der Waals surface area contributed by atoms with Crippen molar-refractivity contribution in [1.82, 2.24) is 14.8 Å². The van der Waals surface area contributed by atoms with Crippen LogP contribution in [0.15, 0.2) is 0 Å². The van der Waals surface area contributed by atoms with Crippen LogP contribution >= 0.6 is 0 Å². The highest BCUT2D eigenvalue weighted by molar-refractivity contribution is 5.83. The Bertz CT molecular complexity index is 533. The average Bonchev–Trinajstić information content (AvgIpc) is 2.96. The number of hydrogen-bond acceptors (Lipinski definition) is 3. The number of hydrogen-bond donors (Lipinski definition) is 0. The minimum absolute atomic E-state index is 0.245. The molecule has 0 saturated carbocycles. The van der Waals surface area contributed by atoms with Crippen molar-refractivity contribution >= 4 is 5.91 Å². The van der Waals surface area contributed by atoms with Crippen molar-refractivity contribution in [1.29, 1.82) is 0 Å². The summed E-state index contributed by atoms with van der Waals surface area (Å²) >= 11 is 0. The van der Waals surface area contributed by atoms with Crippen molar-refractivity contribution in [2.75, 3.05) is 13.2 Å². The molecule has 21 heavy (non-hydrogen) atoms. The molecule has 0 aliphatic carbocycles. The molecule has 0 bridgehead atoms. The van der Waals surface area contributed by atoms with Crippen LogP contribution in [-0.4, -0.2) is 40.1 Å². The molecule has 1 amide bonds. The maximum Gasteiger partial charge on any atom is 0.408 e. The molecule has 2 heterocycles. The van der Waals surface area contributed by atoms with E-state index in [1.54, 1.807) is 20.8 Å². The second kappa shape index (κ2) is 5.67. The molecule has 0 spiro atoms. The number of amides is 1. The van der Waals surface area contributed by atoms with E-state index in [2.05, 4.69) is 5.10 Å². The molecule has 0 unspecified atom stereocenters. The number of carbonyl (C=O) groups excluding carboxylic acids is 1. The summed E-state index contributed by atoms with van der Waals surface area (Å²) in [7, 11) is 0. The lowest BCUT2D eigenvalue weighted by atomic mass is 9.98. The summed E-state index contributed by atoms with van der Waals surface area (Å²) in [4.78, 5) is 17.5. The zero-order chi connectivity index (χ0) is 15.8. The number of aromatic nitrogens is 2. The molecule has 0 radical (unpaired) electrons. The van der Waals surface area contributed by atoms with Crippen LogP contribution in [0.4, 0.5) is 13.2 Å². The van der Waals surface area contributed by atoms with Gasteiger partial charge in [0, 0.05) is 11.3 Å². The molecule has 1 atom stereocenters. The second-order valence-electron chi connectivity index (χ2n) is 5.21. The highest BCUT2D eigenvalue weighted by atomic mass is 19.4. The van der Waals surface area contributed by atoms with Crippen molar-refractivity contribution in [3.63, 3.8) is 0 Å². The van der Waals surface area contributed by atoms with E-state index in [4.69, 9.17) is 4.84 Å². The predicted octanol–water partition coefficient (Wildman–Crippen LogP) is 2.33. The van der Waals surface area contributed by atoms with Crippen LogP contribution < -0.4 is 0 Å². The number of nitrogens with zero attached hydrogens (tertiary/aromatic N) is 3. The van der Waals surface area contributed by atoms with Gasteiger partial charge in [0.1, 0.15) is 6.54 Å². The van der Waals surface area contributed by atoms with Gasteiger partial charge in [0.15, 0.2) is 0 Å². The molecule has 1 saturated heterocycles. The minimum atomic E-state index is -4.34. The average molecular weight is 305 g/mol. The summed E-state index contributed by atoms with van der Waals surface area (Å²) in [6.07, 6.45) is -3.57. The van der Waals surface area contributed by atoms with Crippen molar-refractivity contribution in [2.24, 2.45) is 0 Å². The summed E-state index contributed by atoms with van der Waals surface area (Å²) in [6.45, 7) is 4.68. The Morgan fingerprint density at radius 2 is 2.10 bits per heavy atom. The number of hydroxylamine groups is 2. The molecule has 1 aliphatic heterocycles. The van der Waals surface area contributed by atoms with Gasteiger partial charge in [-0.3, -0.25) is 14.3 Å². The smallest absolute Gasteiger partial charge is 0.272 e. The zero-order valence-corrected chi connectivity index (χ0v) is 12.2. The molecular formula is C13H18F3N3O2. The standard InChI is InChI=1S/C13H18F3N3O2/c1-8(12(20)19-5-4-6-21-19)11-9(2)17-18(10(11)3)7-13(14,15)16/h8H,4-7H2,1-3H3/t8-/m0/s1. The quantitative estimate of drug-likeness (QED) is 0.861. The molecular weight excluding hydrogens is 287 g/mol. The zero-order valence-electron chi connectivity index (χ0n) is 12.2. The first kappa shape index (κ1) is 15.8. The van der Waals surface area contributed by atoms with Gasteiger partial charge >= 0.3 is 6.18 Å². The fraction of sp³-hybridized carbons (Fsp3) is 0.692. The van der Waals surface area contributed by atoms with Crippen LogP contribution in [0.5, 0.6) is 0 Å². The molecule has 1 aliphatic rings. The summed E-state index contributed by atoms with van der Waals surface area (Å²) in [5, 5.41) is 5.19. The Hall–Kier alpha value is -1.57. The van der Waals surface area contributed by atoms with Crippen molar-refractivity contribution in [2.45, 2.75) is 45.8 Å². The molecule has 1 aromatic rings. The molecule has 0 N–H and O–H groups in total. The predicted molar refractivity (Wildman–Crippen MR) is 68.5 cm³/mol. The number of rotatable bonds is 3. The maximum absolute atomic E-state index is 12.5. The molecule has 8 heteroatoms. The Morgan fingerprint density at radius 3 is 2.62 bits per heavy atom. The van der Waals surface area contributed by atoms with Crippen LogP contribution in [0, 0.1) is 13.8 Å². The highest BCUT2D eigenvalue weighted by Gasteiger charge is 2.33. The van der Waals surface area contributed by atoms with E-state index in [1.165, 1.54) is 5.06 Å². The summed E-state index contributed by atoms with van der Waals surface area (Å²) in [5.74, 6) is -0.824.